The third kappa shape index (κ3) is 5.04. The SMILES string of the molecule is Cc1cc(-c2cn(-c3ccc(C(=O)O)c([N+](=O)[O-])c3)nn2)nc(-c2cn(-c3ccc(C(=O)O)c([N+](=O)[O-])c3)nn2)c1. The highest BCUT2D eigenvalue weighted by Crippen LogP contribution is 2.27. The molecule has 0 fully saturated rings. The second-order valence-electron chi connectivity index (χ2n) is 8.54. The molecule has 0 radical (unpaired) electrons. The van der Waals surface area contributed by atoms with Gasteiger partial charge in [-0.3, -0.25) is 20.2 Å². The van der Waals surface area contributed by atoms with Gasteiger partial charge in [-0.05, 0) is 48.9 Å². The molecular weight excluding hydrogens is 542 g/mol. The maximum atomic E-state index is 11.3. The summed E-state index contributed by atoms with van der Waals surface area (Å²) in [7, 11) is 0. The van der Waals surface area contributed by atoms with E-state index in [-0.39, 0.29) is 11.4 Å². The maximum absolute atomic E-state index is 11.3. The zero-order valence-electron chi connectivity index (χ0n) is 20.6. The van der Waals surface area contributed by atoms with Gasteiger partial charge in [0.25, 0.3) is 11.4 Å². The summed E-state index contributed by atoms with van der Waals surface area (Å²) < 4.78 is 2.48. The molecular formula is C24H15N9O8. The number of rotatable bonds is 8. The lowest BCUT2D eigenvalue weighted by molar-refractivity contribution is -0.385. The lowest BCUT2D eigenvalue weighted by Gasteiger charge is -2.04. The zero-order chi connectivity index (χ0) is 29.4. The molecule has 3 aromatic heterocycles. The fraction of sp³-hybridized carbons (Fsp3) is 0.0417. The van der Waals surface area contributed by atoms with Gasteiger partial charge in [0.1, 0.15) is 22.5 Å². The van der Waals surface area contributed by atoms with E-state index in [0.717, 1.165) is 29.8 Å². The number of pyridine rings is 1. The van der Waals surface area contributed by atoms with E-state index in [2.05, 4.69) is 25.6 Å². The Bertz CT molecular complexity index is 1760. The highest BCUT2D eigenvalue weighted by molar-refractivity contribution is 5.93. The number of aromatic carboxylic acids is 2. The Balaban J connectivity index is 1.48. The van der Waals surface area contributed by atoms with Gasteiger partial charge in [-0.2, -0.15) is 0 Å². The van der Waals surface area contributed by atoms with E-state index in [1.807, 2.05) is 0 Å². The van der Waals surface area contributed by atoms with Crippen LogP contribution in [-0.2, 0) is 0 Å². The number of benzene rings is 2. The molecule has 0 saturated heterocycles. The third-order valence-electron chi connectivity index (χ3n) is 5.83. The fourth-order valence-corrected chi connectivity index (χ4v) is 3.93. The van der Waals surface area contributed by atoms with E-state index < -0.39 is 44.3 Å². The quantitative estimate of drug-likeness (QED) is 0.206. The van der Waals surface area contributed by atoms with Crippen LogP contribution in [0.2, 0.25) is 0 Å². The molecule has 0 saturated carbocycles. The van der Waals surface area contributed by atoms with Gasteiger partial charge in [-0.1, -0.05) is 10.4 Å². The Morgan fingerprint density at radius 1 is 0.707 bits per heavy atom. The molecule has 17 nitrogen and oxygen atoms in total. The molecule has 0 aliphatic heterocycles. The van der Waals surface area contributed by atoms with E-state index in [1.54, 1.807) is 19.1 Å². The number of hydrogen-bond donors (Lipinski definition) is 2. The lowest BCUT2D eigenvalue weighted by atomic mass is 10.1. The second kappa shape index (κ2) is 10.1. The van der Waals surface area contributed by atoms with Crippen LogP contribution in [0.4, 0.5) is 11.4 Å². The summed E-state index contributed by atoms with van der Waals surface area (Å²) in [6.07, 6.45) is 2.93. The van der Waals surface area contributed by atoms with Crippen LogP contribution in [-0.4, -0.2) is 67.0 Å². The van der Waals surface area contributed by atoms with Crippen molar-refractivity contribution in [3.8, 4) is 34.2 Å². The van der Waals surface area contributed by atoms with Gasteiger partial charge in [0, 0.05) is 12.1 Å². The Morgan fingerprint density at radius 2 is 1.12 bits per heavy atom. The van der Waals surface area contributed by atoms with Gasteiger partial charge in [0.05, 0.1) is 45.0 Å². The predicted molar refractivity (Wildman–Crippen MR) is 137 cm³/mol. The number of nitrogens with zero attached hydrogens (tertiary/aromatic N) is 9. The van der Waals surface area contributed by atoms with Crippen molar-refractivity contribution in [2.45, 2.75) is 6.92 Å². The van der Waals surface area contributed by atoms with E-state index in [4.69, 9.17) is 0 Å². The zero-order valence-corrected chi connectivity index (χ0v) is 20.6. The first kappa shape index (κ1) is 26.2. The standard InChI is InChI=1S/C24H15N9O8/c1-12-6-17(19-10-30(28-26-19)13-2-4-15(23(34)35)21(8-13)32(38)39)25-18(7-12)20-11-31(29-27-20)14-3-5-16(24(36)37)22(9-14)33(40)41/h2-11H,1H3,(H,34,35)(H,36,37). The van der Waals surface area contributed by atoms with Crippen LogP contribution in [0.25, 0.3) is 34.2 Å². The van der Waals surface area contributed by atoms with Gasteiger partial charge >= 0.3 is 11.9 Å². The van der Waals surface area contributed by atoms with Crippen molar-refractivity contribution >= 4 is 23.3 Å². The summed E-state index contributed by atoms with van der Waals surface area (Å²) in [4.78, 5) is 48.2. The molecule has 2 aromatic carbocycles. The van der Waals surface area contributed by atoms with Crippen molar-refractivity contribution in [1.82, 2.24) is 35.0 Å². The van der Waals surface area contributed by atoms with Crippen molar-refractivity contribution in [1.29, 1.82) is 0 Å². The summed E-state index contributed by atoms with van der Waals surface area (Å²) in [5, 5.41) is 57.2. The molecule has 0 spiro atoms. The molecule has 2 N–H and O–H groups in total. The molecule has 5 aromatic rings. The molecule has 0 aliphatic rings. The minimum Gasteiger partial charge on any atom is -0.477 e. The first-order valence-electron chi connectivity index (χ1n) is 11.4. The highest BCUT2D eigenvalue weighted by atomic mass is 16.6. The molecule has 0 atom stereocenters. The molecule has 0 bridgehead atoms. The smallest absolute Gasteiger partial charge is 0.342 e. The van der Waals surface area contributed by atoms with E-state index in [9.17, 15) is 40.0 Å². The van der Waals surface area contributed by atoms with Crippen molar-refractivity contribution in [3.63, 3.8) is 0 Å². The van der Waals surface area contributed by atoms with Gasteiger partial charge < -0.3 is 10.2 Å². The van der Waals surface area contributed by atoms with Crippen molar-refractivity contribution in [3.05, 3.63) is 97.8 Å². The predicted octanol–water partition coefficient (Wildman–Crippen LogP) is 3.10. The van der Waals surface area contributed by atoms with Crippen molar-refractivity contribution < 1.29 is 29.6 Å². The number of hydrogen-bond acceptors (Lipinski definition) is 11. The van der Waals surface area contributed by atoms with E-state index in [0.29, 0.717) is 22.8 Å². The normalized spacial score (nSPS) is 10.9. The summed E-state index contributed by atoms with van der Waals surface area (Å²) in [5.74, 6) is -2.88. The van der Waals surface area contributed by atoms with Gasteiger partial charge in [0.2, 0.25) is 0 Å². The summed E-state index contributed by atoms with van der Waals surface area (Å²) in [6, 6.07) is 10.5. The summed E-state index contributed by atoms with van der Waals surface area (Å²) in [6.45, 7) is 1.80. The van der Waals surface area contributed by atoms with Crippen LogP contribution in [0, 0.1) is 27.2 Å². The Hall–Kier alpha value is -6.39. The van der Waals surface area contributed by atoms with Crippen LogP contribution >= 0.6 is 0 Å². The van der Waals surface area contributed by atoms with Gasteiger partial charge in [-0.25, -0.2) is 23.9 Å². The first-order valence-corrected chi connectivity index (χ1v) is 11.4. The molecule has 204 valence electrons. The summed E-state index contributed by atoms with van der Waals surface area (Å²) in [5.41, 5.74) is 0.380. The van der Waals surface area contributed by atoms with Gasteiger partial charge in [-0.15, -0.1) is 10.2 Å². The molecule has 3 heterocycles. The first-order chi connectivity index (χ1) is 19.5. The molecule has 0 amide bonds. The number of aromatic nitrogens is 7. The molecule has 0 unspecified atom stereocenters. The Labute approximate surface area is 227 Å². The minimum absolute atomic E-state index is 0.208. The minimum atomic E-state index is -1.44. The molecule has 41 heavy (non-hydrogen) atoms. The second-order valence-corrected chi connectivity index (χ2v) is 8.54. The average Bonchev–Trinajstić information content (AvgIpc) is 3.63. The summed E-state index contributed by atoms with van der Waals surface area (Å²) >= 11 is 0. The fourth-order valence-electron chi connectivity index (χ4n) is 3.93. The van der Waals surface area contributed by atoms with Crippen LogP contribution in [0.3, 0.4) is 0 Å². The lowest BCUT2D eigenvalue weighted by Crippen LogP contribution is -2.04. The monoisotopic (exact) mass is 557 g/mol. The number of nitro groups is 2. The number of carboxylic acid groups (broad SMARTS) is 2. The van der Waals surface area contributed by atoms with E-state index >= 15 is 0 Å². The maximum Gasteiger partial charge on any atom is 0.342 e. The number of carboxylic acids is 2. The Morgan fingerprint density at radius 3 is 1.49 bits per heavy atom. The number of aryl methyl sites for hydroxylation is 1. The molecule has 5 rings (SSSR count). The molecule has 0 aliphatic carbocycles. The molecule has 17 heteroatoms. The third-order valence-corrected chi connectivity index (χ3v) is 5.83. The number of carbonyl (C=O) groups is 2. The van der Waals surface area contributed by atoms with Crippen LogP contribution in [0.5, 0.6) is 0 Å². The highest BCUT2D eigenvalue weighted by Gasteiger charge is 2.23. The average molecular weight is 557 g/mol. The van der Waals surface area contributed by atoms with Crippen molar-refractivity contribution in [2.24, 2.45) is 0 Å². The van der Waals surface area contributed by atoms with Crippen LogP contribution in [0.1, 0.15) is 26.3 Å². The van der Waals surface area contributed by atoms with Gasteiger partial charge in [0.15, 0.2) is 0 Å². The Kier molecular flexibility index (Phi) is 6.43. The van der Waals surface area contributed by atoms with Crippen molar-refractivity contribution in [2.75, 3.05) is 0 Å². The number of nitro benzene ring substituents is 2. The topological polar surface area (TPSA) is 235 Å². The largest absolute Gasteiger partial charge is 0.477 e. The van der Waals surface area contributed by atoms with E-state index in [1.165, 1.54) is 33.9 Å². The van der Waals surface area contributed by atoms with Crippen LogP contribution in [0.15, 0.2) is 60.9 Å². The van der Waals surface area contributed by atoms with Crippen LogP contribution < -0.4 is 0 Å².